The number of benzene rings is 3. The summed E-state index contributed by atoms with van der Waals surface area (Å²) in [5.41, 5.74) is 2.45. The van der Waals surface area contributed by atoms with Crippen LogP contribution in [0, 0.1) is 0 Å². The molecule has 3 aromatic carbocycles. The molecular formula is C26H26BrN3O4S. The molecule has 0 radical (unpaired) electrons. The van der Waals surface area contributed by atoms with E-state index < -0.39 is 5.91 Å². The molecule has 0 saturated heterocycles. The molecule has 0 aliphatic carbocycles. The summed E-state index contributed by atoms with van der Waals surface area (Å²) in [6.45, 7) is 1.19. The van der Waals surface area contributed by atoms with Crippen molar-refractivity contribution in [3.05, 3.63) is 94.0 Å². The van der Waals surface area contributed by atoms with Gasteiger partial charge in [-0.1, -0.05) is 52.3 Å². The number of halogens is 1. The molecule has 182 valence electrons. The van der Waals surface area contributed by atoms with Crippen molar-refractivity contribution in [1.82, 2.24) is 10.2 Å². The molecule has 3 rings (SSSR count). The predicted molar refractivity (Wildman–Crippen MR) is 144 cm³/mol. The van der Waals surface area contributed by atoms with Crippen molar-refractivity contribution in [3.8, 4) is 5.75 Å². The Morgan fingerprint density at radius 3 is 2.51 bits per heavy atom. The summed E-state index contributed by atoms with van der Waals surface area (Å²) in [6, 6.07) is 21.9. The molecule has 9 heteroatoms. The molecule has 0 aromatic heterocycles. The first-order chi connectivity index (χ1) is 16.9. The fourth-order valence-corrected chi connectivity index (χ4v) is 3.82. The summed E-state index contributed by atoms with van der Waals surface area (Å²) in [5.74, 6) is -0.134. The molecule has 2 N–H and O–H groups in total. The Balaban J connectivity index is 1.64. The van der Waals surface area contributed by atoms with Gasteiger partial charge < -0.3 is 19.7 Å². The van der Waals surface area contributed by atoms with Crippen LogP contribution in [-0.4, -0.2) is 49.2 Å². The van der Waals surface area contributed by atoms with Crippen LogP contribution in [0.2, 0.25) is 0 Å². The van der Waals surface area contributed by atoms with Gasteiger partial charge in [-0.15, -0.1) is 0 Å². The van der Waals surface area contributed by atoms with Crippen LogP contribution in [0.4, 0.5) is 5.69 Å². The summed E-state index contributed by atoms with van der Waals surface area (Å²) < 4.78 is 11.4. The number of anilines is 1. The van der Waals surface area contributed by atoms with E-state index in [4.69, 9.17) is 21.7 Å². The van der Waals surface area contributed by atoms with Crippen LogP contribution < -0.4 is 15.4 Å². The molecule has 0 saturated carbocycles. The van der Waals surface area contributed by atoms with Gasteiger partial charge in [-0.25, -0.2) is 0 Å². The average molecular weight is 556 g/mol. The van der Waals surface area contributed by atoms with E-state index in [9.17, 15) is 9.59 Å². The maximum atomic E-state index is 12.9. The highest BCUT2D eigenvalue weighted by Crippen LogP contribution is 2.23. The summed E-state index contributed by atoms with van der Waals surface area (Å²) in [4.78, 5) is 27.4. The number of carbonyl (C=O) groups is 2. The van der Waals surface area contributed by atoms with E-state index in [1.54, 1.807) is 61.5 Å². The average Bonchev–Trinajstić information content (AvgIpc) is 2.85. The maximum absolute atomic E-state index is 12.9. The number of hydrogen-bond donors (Lipinski definition) is 2. The summed E-state index contributed by atoms with van der Waals surface area (Å²) in [6.07, 6.45) is 0. The van der Waals surface area contributed by atoms with Crippen molar-refractivity contribution in [1.29, 1.82) is 0 Å². The number of hydrogen-bond acceptors (Lipinski definition) is 5. The number of rotatable bonds is 9. The van der Waals surface area contributed by atoms with E-state index in [-0.39, 0.29) is 11.0 Å². The minimum Gasteiger partial charge on any atom is -0.490 e. The Kier molecular flexibility index (Phi) is 9.77. The second kappa shape index (κ2) is 13.0. The Morgan fingerprint density at radius 1 is 1.00 bits per heavy atom. The standard InChI is InChI=1S/C26H26BrN3O4S/c1-30(17-18-7-4-3-5-8-18)25(32)19-9-6-10-21(15-19)28-26(35)29-24(31)22-16-20(27)11-12-23(22)34-14-13-33-2/h3-12,15-16H,13-14,17H2,1-2H3,(H2,28,29,31,35). The molecule has 0 aliphatic rings. The lowest BCUT2D eigenvalue weighted by Crippen LogP contribution is -2.34. The smallest absolute Gasteiger partial charge is 0.261 e. The monoisotopic (exact) mass is 555 g/mol. The molecule has 0 aliphatic heterocycles. The van der Waals surface area contributed by atoms with Crippen molar-refractivity contribution >= 4 is 50.8 Å². The first-order valence-corrected chi connectivity index (χ1v) is 12.0. The third kappa shape index (κ3) is 7.88. The van der Waals surface area contributed by atoms with Gasteiger partial charge >= 0.3 is 0 Å². The zero-order valence-corrected chi connectivity index (χ0v) is 21.8. The van der Waals surface area contributed by atoms with Crippen molar-refractivity contribution in [2.75, 3.05) is 32.7 Å². The molecule has 0 fully saturated rings. The highest BCUT2D eigenvalue weighted by atomic mass is 79.9. The number of ether oxygens (including phenoxy) is 2. The van der Waals surface area contributed by atoms with Crippen LogP contribution in [0.3, 0.4) is 0 Å². The molecule has 0 bridgehead atoms. The molecule has 0 atom stereocenters. The third-order valence-corrected chi connectivity index (χ3v) is 5.63. The van der Waals surface area contributed by atoms with Gasteiger partial charge in [0.15, 0.2) is 5.11 Å². The lowest BCUT2D eigenvalue weighted by Gasteiger charge is -2.18. The van der Waals surface area contributed by atoms with E-state index in [1.807, 2.05) is 30.3 Å². The SMILES string of the molecule is COCCOc1ccc(Br)cc1C(=O)NC(=S)Nc1cccc(C(=O)N(C)Cc2ccccc2)c1. The van der Waals surface area contributed by atoms with Gasteiger partial charge in [-0.3, -0.25) is 14.9 Å². The Labute approximate surface area is 218 Å². The van der Waals surface area contributed by atoms with Gasteiger partial charge in [0.25, 0.3) is 11.8 Å². The minimum atomic E-state index is -0.425. The first kappa shape index (κ1) is 26.3. The largest absolute Gasteiger partial charge is 0.490 e. The van der Waals surface area contributed by atoms with Gasteiger partial charge in [-0.05, 0) is 54.2 Å². The molecular weight excluding hydrogens is 530 g/mol. The van der Waals surface area contributed by atoms with Crippen LogP contribution in [0.5, 0.6) is 5.75 Å². The quantitative estimate of drug-likeness (QED) is 0.289. The lowest BCUT2D eigenvalue weighted by atomic mass is 10.1. The number of methoxy groups -OCH3 is 1. The van der Waals surface area contributed by atoms with Crippen LogP contribution in [0.1, 0.15) is 26.3 Å². The van der Waals surface area contributed by atoms with Gasteiger partial charge in [0.1, 0.15) is 12.4 Å². The fraction of sp³-hybridized carbons (Fsp3) is 0.192. The summed E-state index contributed by atoms with van der Waals surface area (Å²) in [7, 11) is 3.33. The van der Waals surface area contributed by atoms with E-state index in [0.717, 1.165) is 10.0 Å². The van der Waals surface area contributed by atoms with Crippen LogP contribution in [-0.2, 0) is 11.3 Å². The van der Waals surface area contributed by atoms with E-state index in [2.05, 4.69) is 26.6 Å². The van der Waals surface area contributed by atoms with Crippen molar-refractivity contribution < 1.29 is 19.1 Å². The topological polar surface area (TPSA) is 79.9 Å². The summed E-state index contributed by atoms with van der Waals surface area (Å²) in [5, 5.41) is 5.73. The van der Waals surface area contributed by atoms with E-state index >= 15 is 0 Å². The van der Waals surface area contributed by atoms with Gasteiger partial charge in [0.05, 0.1) is 12.2 Å². The molecule has 3 aromatic rings. The predicted octanol–water partition coefficient (Wildman–Crippen LogP) is 4.87. The van der Waals surface area contributed by atoms with Gasteiger partial charge in [0, 0.05) is 36.4 Å². The fourth-order valence-electron chi connectivity index (χ4n) is 3.25. The van der Waals surface area contributed by atoms with Crippen molar-refractivity contribution in [2.24, 2.45) is 0 Å². The van der Waals surface area contributed by atoms with Crippen LogP contribution >= 0.6 is 28.1 Å². The maximum Gasteiger partial charge on any atom is 0.261 e. The Morgan fingerprint density at radius 2 is 1.77 bits per heavy atom. The third-order valence-electron chi connectivity index (χ3n) is 4.93. The number of thiocarbonyl (C=S) groups is 1. The molecule has 2 amide bonds. The molecule has 35 heavy (non-hydrogen) atoms. The Bertz CT molecular complexity index is 1190. The number of amides is 2. The first-order valence-electron chi connectivity index (χ1n) is 10.8. The van der Waals surface area contributed by atoms with E-state index in [0.29, 0.717) is 42.3 Å². The zero-order chi connectivity index (χ0) is 25.2. The molecule has 0 spiro atoms. The number of nitrogens with zero attached hydrogens (tertiary/aromatic N) is 1. The normalized spacial score (nSPS) is 10.4. The molecule has 0 unspecified atom stereocenters. The second-order valence-corrected chi connectivity index (χ2v) is 8.94. The van der Waals surface area contributed by atoms with Crippen LogP contribution in [0.25, 0.3) is 0 Å². The van der Waals surface area contributed by atoms with Crippen molar-refractivity contribution in [3.63, 3.8) is 0 Å². The zero-order valence-electron chi connectivity index (χ0n) is 19.4. The number of nitrogens with one attached hydrogen (secondary N) is 2. The number of carbonyl (C=O) groups excluding carboxylic acids is 2. The van der Waals surface area contributed by atoms with Crippen LogP contribution in [0.15, 0.2) is 77.3 Å². The van der Waals surface area contributed by atoms with Gasteiger partial charge in [0.2, 0.25) is 0 Å². The highest BCUT2D eigenvalue weighted by molar-refractivity contribution is 9.10. The molecule has 0 heterocycles. The second-order valence-electron chi connectivity index (χ2n) is 7.62. The highest BCUT2D eigenvalue weighted by Gasteiger charge is 2.16. The van der Waals surface area contributed by atoms with Gasteiger partial charge in [-0.2, -0.15) is 0 Å². The Hall–Kier alpha value is -3.27. The summed E-state index contributed by atoms with van der Waals surface area (Å²) >= 11 is 8.71. The van der Waals surface area contributed by atoms with Crippen molar-refractivity contribution in [2.45, 2.75) is 6.54 Å². The molecule has 7 nitrogen and oxygen atoms in total. The lowest BCUT2D eigenvalue weighted by molar-refractivity contribution is 0.0785. The van der Waals surface area contributed by atoms with E-state index in [1.165, 1.54) is 0 Å². The minimum absolute atomic E-state index is 0.0973.